The van der Waals surface area contributed by atoms with Gasteiger partial charge in [0.1, 0.15) is 0 Å². The molecule has 0 fully saturated rings. The molecule has 1 heterocycles. The first kappa shape index (κ1) is 25.2. The number of alkyl halides is 3. The summed E-state index contributed by atoms with van der Waals surface area (Å²) in [7, 11) is 1.81. The summed E-state index contributed by atoms with van der Waals surface area (Å²) in [6.45, 7) is 0. The third-order valence-corrected chi connectivity index (χ3v) is 6.26. The molecular weight excluding hydrogens is 465 g/mol. The van der Waals surface area contributed by atoms with Gasteiger partial charge in [0, 0.05) is 19.2 Å². The zero-order valence-corrected chi connectivity index (χ0v) is 19.9. The first-order valence-corrected chi connectivity index (χ1v) is 11.8. The van der Waals surface area contributed by atoms with Crippen molar-refractivity contribution in [2.45, 2.75) is 37.8 Å². The Balaban J connectivity index is 1.37. The molecule has 1 unspecified atom stereocenters. The Morgan fingerprint density at radius 2 is 1.61 bits per heavy atom. The van der Waals surface area contributed by atoms with Gasteiger partial charge < -0.3 is 5.11 Å². The molecule has 0 saturated heterocycles. The summed E-state index contributed by atoms with van der Waals surface area (Å²) in [5, 5.41) is 13.7. The largest absolute Gasteiger partial charge is 0.481 e. The molecule has 36 heavy (non-hydrogen) atoms. The molecule has 0 saturated carbocycles. The van der Waals surface area contributed by atoms with Gasteiger partial charge in [-0.25, -0.2) is 0 Å². The molecule has 3 aromatic carbocycles. The molecule has 4 nitrogen and oxygen atoms in total. The van der Waals surface area contributed by atoms with Crippen LogP contribution in [0.2, 0.25) is 0 Å². The van der Waals surface area contributed by atoms with Gasteiger partial charge in [0.2, 0.25) is 0 Å². The average Bonchev–Trinajstić information content (AvgIpc) is 3.29. The lowest BCUT2D eigenvalue weighted by Gasteiger charge is -2.14. The highest BCUT2D eigenvalue weighted by atomic mass is 19.4. The van der Waals surface area contributed by atoms with Gasteiger partial charge in [0.15, 0.2) is 0 Å². The van der Waals surface area contributed by atoms with E-state index in [2.05, 4.69) is 5.10 Å². The van der Waals surface area contributed by atoms with Crippen molar-refractivity contribution in [2.24, 2.45) is 7.05 Å². The number of carboxylic acids is 1. The van der Waals surface area contributed by atoms with Crippen molar-refractivity contribution in [1.29, 1.82) is 0 Å². The predicted molar refractivity (Wildman–Crippen MR) is 133 cm³/mol. The zero-order chi connectivity index (χ0) is 25.7. The molecule has 0 radical (unpaired) electrons. The van der Waals surface area contributed by atoms with Crippen LogP contribution in [0, 0.1) is 0 Å². The fourth-order valence-electron chi connectivity index (χ4n) is 4.36. The number of benzene rings is 3. The lowest BCUT2D eigenvalue weighted by molar-refractivity contribution is -0.138. The maximum absolute atomic E-state index is 12.8. The number of carboxylic acid groups (broad SMARTS) is 1. The number of aliphatic carboxylic acids is 1. The molecule has 4 rings (SSSR count). The fraction of sp³-hybridized carbons (Fsp3) is 0.241. The van der Waals surface area contributed by atoms with E-state index < -0.39 is 17.7 Å². The molecule has 0 aliphatic rings. The number of nitrogens with zero attached hydrogens (tertiary/aromatic N) is 2. The van der Waals surface area contributed by atoms with E-state index in [1.165, 1.54) is 12.1 Å². The van der Waals surface area contributed by atoms with Crippen LogP contribution in [-0.2, 0) is 30.9 Å². The molecule has 4 aromatic rings. The average molecular weight is 493 g/mol. The van der Waals surface area contributed by atoms with Crippen LogP contribution in [0.5, 0.6) is 0 Å². The Hall–Kier alpha value is -3.87. The van der Waals surface area contributed by atoms with Crippen molar-refractivity contribution in [3.63, 3.8) is 0 Å². The van der Waals surface area contributed by atoms with Crippen molar-refractivity contribution in [1.82, 2.24) is 9.78 Å². The Morgan fingerprint density at radius 1 is 0.917 bits per heavy atom. The van der Waals surface area contributed by atoms with Crippen molar-refractivity contribution in [2.75, 3.05) is 0 Å². The van der Waals surface area contributed by atoms with Crippen molar-refractivity contribution >= 4 is 5.97 Å². The van der Waals surface area contributed by atoms with Crippen LogP contribution in [0.1, 0.15) is 46.7 Å². The summed E-state index contributed by atoms with van der Waals surface area (Å²) in [4.78, 5) is 11.4. The minimum atomic E-state index is -4.34. The predicted octanol–water partition coefficient (Wildman–Crippen LogP) is 6.89. The van der Waals surface area contributed by atoms with Gasteiger partial charge in [-0.15, -0.1) is 0 Å². The van der Waals surface area contributed by atoms with E-state index in [0.717, 1.165) is 64.9 Å². The van der Waals surface area contributed by atoms with E-state index in [-0.39, 0.29) is 12.3 Å². The van der Waals surface area contributed by atoms with E-state index >= 15 is 0 Å². The van der Waals surface area contributed by atoms with E-state index in [9.17, 15) is 23.1 Å². The summed E-state index contributed by atoms with van der Waals surface area (Å²) in [6, 6.07) is 23.0. The van der Waals surface area contributed by atoms with Gasteiger partial charge in [0.05, 0.1) is 17.7 Å². The third-order valence-electron chi connectivity index (χ3n) is 6.26. The lowest BCUT2D eigenvalue weighted by atomic mass is 9.91. The standard InChI is InChI=1S/C29H27F3N2O2/c1-34-17-16-27(33-34)26(19-28(35)36)23-10-8-20(9-11-23)4-2-5-21-6-3-7-24(18-21)22-12-14-25(15-13-22)29(30,31)32/h3,6-18,26H,2,4-5,19H2,1H3,(H,35,36). The fourth-order valence-corrected chi connectivity index (χ4v) is 4.36. The molecule has 0 bridgehead atoms. The number of aromatic nitrogens is 2. The second kappa shape index (κ2) is 10.8. The topological polar surface area (TPSA) is 55.1 Å². The minimum absolute atomic E-state index is 0.0222. The smallest absolute Gasteiger partial charge is 0.416 e. The summed E-state index contributed by atoms with van der Waals surface area (Å²) >= 11 is 0. The quantitative estimate of drug-likeness (QED) is 0.277. The van der Waals surface area contributed by atoms with Crippen LogP contribution in [0.4, 0.5) is 13.2 Å². The van der Waals surface area contributed by atoms with E-state index in [1.807, 2.05) is 67.8 Å². The molecule has 0 aliphatic heterocycles. The van der Waals surface area contributed by atoms with Crippen LogP contribution in [0.3, 0.4) is 0 Å². The summed E-state index contributed by atoms with van der Waals surface area (Å²) < 4.78 is 40.2. The molecule has 0 spiro atoms. The lowest BCUT2D eigenvalue weighted by Crippen LogP contribution is -2.09. The molecular formula is C29H27F3N2O2. The molecule has 7 heteroatoms. The van der Waals surface area contributed by atoms with Gasteiger partial charge in [-0.1, -0.05) is 60.7 Å². The number of rotatable bonds is 9. The van der Waals surface area contributed by atoms with E-state index in [0.29, 0.717) is 0 Å². The number of hydrogen-bond acceptors (Lipinski definition) is 2. The monoisotopic (exact) mass is 492 g/mol. The second-order valence-electron chi connectivity index (χ2n) is 8.94. The van der Waals surface area contributed by atoms with Crippen LogP contribution in [-0.4, -0.2) is 20.9 Å². The van der Waals surface area contributed by atoms with Gasteiger partial charge in [-0.3, -0.25) is 9.48 Å². The summed E-state index contributed by atoms with van der Waals surface area (Å²) in [5.41, 5.74) is 4.94. The highest BCUT2D eigenvalue weighted by Crippen LogP contribution is 2.31. The highest BCUT2D eigenvalue weighted by Gasteiger charge is 2.30. The van der Waals surface area contributed by atoms with Crippen molar-refractivity contribution < 1.29 is 23.1 Å². The maximum atomic E-state index is 12.8. The highest BCUT2D eigenvalue weighted by molar-refractivity contribution is 5.69. The number of halogens is 3. The van der Waals surface area contributed by atoms with Crippen LogP contribution >= 0.6 is 0 Å². The van der Waals surface area contributed by atoms with E-state index in [4.69, 9.17) is 0 Å². The zero-order valence-electron chi connectivity index (χ0n) is 19.9. The van der Waals surface area contributed by atoms with Crippen LogP contribution in [0.25, 0.3) is 11.1 Å². The second-order valence-corrected chi connectivity index (χ2v) is 8.94. The number of carbonyl (C=O) groups is 1. The molecule has 1 atom stereocenters. The SMILES string of the molecule is Cn1ccc(C(CC(=O)O)c2ccc(CCCc3cccc(-c4ccc(C(F)(F)F)cc4)c3)cc2)n1. The number of aryl methyl sites for hydroxylation is 3. The number of hydrogen-bond donors (Lipinski definition) is 1. The molecule has 1 aromatic heterocycles. The van der Waals surface area contributed by atoms with Crippen molar-refractivity contribution in [3.05, 3.63) is 113 Å². The van der Waals surface area contributed by atoms with Gasteiger partial charge in [0.25, 0.3) is 0 Å². The van der Waals surface area contributed by atoms with E-state index in [1.54, 1.807) is 4.68 Å². The first-order valence-electron chi connectivity index (χ1n) is 11.8. The molecule has 0 aliphatic carbocycles. The normalized spacial score (nSPS) is 12.4. The molecule has 0 amide bonds. The maximum Gasteiger partial charge on any atom is 0.416 e. The Bertz CT molecular complexity index is 1310. The molecule has 1 N–H and O–H groups in total. The Labute approximate surface area is 208 Å². The Kier molecular flexibility index (Phi) is 7.58. The minimum Gasteiger partial charge on any atom is -0.481 e. The van der Waals surface area contributed by atoms with Crippen molar-refractivity contribution in [3.8, 4) is 11.1 Å². The van der Waals surface area contributed by atoms with Crippen LogP contribution in [0.15, 0.2) is 85.1 Å². The van der Waals surface area contributed by atoms with Gasteiger partial charge in [-0.2, -0.15) is 18.3 Å². The Morgan fingerprint density at radius 3 is 2.22 bits per heavy atom. The third kappa shape index (κ3) is 6.42. The molecule has 186 valence electrons. The first-order chi connectivity index (χ1) is 17.2. The van der Waals surface area contributed by atoms with Gasteiger partial charge >= 0.3 is 12.1 Å². The van der Waals surface area contributed by atoms with Gasteiger partial charge in [-0.05, 0) is 65.3 Å². The van der Waals surface area contributed by atoms with Crippen LogP contribution < -0.4 is 0 Å². The summed E-state index contributed by atoms with van der Waals surface area (Å²) in [5.74, 6) is -1.17. The summed E-state index contributed by atoms with van der Waals surface area (Å²) in [6.07, 6.45) is 0.0588.